The number of aromatic nitrogens is 6. The number of imidazole rings is 1. The Morgan fingerprint density at radius 3 is 3.04 bits per heavy atom. The van der Waals surface area contributed by atoms with Crippen LogP contribution in [0.2, 0.25) is 0 Å². The predicted molar refractivity (Wildman–Crippen MR) is 98.1 cm³/mol. The molecule has 0 aromatic carbocycles. The lowest BCUT2D eigenvalue weighted by atomic mass is 10.3. The van der Waals surface area contributed by atoms with Crippen LogP contribution in [0.15, 0.2) is 30.9 Å². The van der Waals surface area contributed by atoms with Crippen molar-refractivity contribution < 1.29 is 0 Å². The van der Waals surface area contributed by atoms with E-state index in [0.29, 0.717) is 5.82 Å². The number of aryl methyl sites for hydroxylation is 1. The SMILES string of the molecule is CCNCc1cc(Nc2nc(C)cn3c(-c4cn[nH]c4)cnc23)sn1. The van der Waals surface area contributed by atoms with Gasteiger partial charge < -0.3 is 10.6 Å². The Hall–Kier alpha value is -2.78. The molecule has 0 saturated heterocycles. The zero-order valence-corrected chi connectivity index (χ0v) is 14.8. The molecule has 4 aromatic heterocycles. The standard InChI is InChI=1S/C16H18N8S/c1-3-17-7-12-4-14(25-23-12)22-15-16-18-8-13(11-5-19-20-6-11)24(16)9-10(2)21-15/h4-6,8-9,17H,3,7H2,1-2H3,(H,19,20)(H,21,22). The van der Waals surface area contributed by atoms with Gasteiger partial charge in [0.05, 0.1) is 29.5 Å². The van der Waals surface area contributed by atoms with Crippen LogP contribution in [0.1, 0.15) is 18.3 Å². The van der Waals surface area contributed by atoms with Crippen LogP contribution in [0.5, 0.6) is 0 Å². The van der Waals surface area contributed by atoms with Gasteiger partial charge in [-0.2, -0.15) is 9.47 Å². The largest absolute Gasteiger partial charge is 0.328 e. The average molecular weight is 354 g/mol. The summed E-state index contributed by atoms with van der Waals surface area (Å²) in [6.07, 6.45) is 7.43. The number of nitrogens with zero attached hydrogens (tertiary/aromatic N) is 5. The number of aromatic amines is 1. The first-order valence-corrected chi connectivity index (χ1v) is 8.79. The Kier molecular flexibility index (Phi) is 4.16. The van der Waals surface area contributed by atoms with Gasteiger partial charge >= 0.3 is 0 Å². The van der Waals surface area contributed by atoms with Gasteiger partial charge in [-0.05, 0) is 31.1 Å². The van der Waals surface area contributed by atoms with Crippen molar-refractivity contribution in [2.75, 3.05) is 11.9 Å². The van der Waals surface area contributed by atoms with Gasteiger partial charge in [0.1, 0.15) is 5.00 Å². The van der Waals surface area contributed by atoms with Crippen molar-refractivity contribution in [3.8, 4) is 11.3 Å². The van der Waals surface area contributed by atoms with E-state index in [1.807, 2.05) is 36.0 Å². The molecular formula is C16H18N8S. The second-order valence-electron chi connectivity index (χ2n) is 5.64. The molecule has 9 heteroatoms. The highest BCUT2D eigenvalue weighted by molar-refractivity contribution is 7.10. The third-order valence-electron chi connectivity index (χ3n) is 3.76. The van der Waals surface area contributed by atoms with Gasteiger partial charge in [-0.25, -0.2) is 9.97 Å². The lowest BCUT2D eigenvalue weighted by Gasteiger charge is -2.07. The first-order valence-electron chi connectivity index (χ1n) is 8.02. The molecule has 4 aromatic rings. The molecule has 0 radical (unpaired) electrons. The maximum absolute atomic E-state index is 4.61. The van der Waals surface area contributed by atoms with Crippen molar-refractivity contribution in [1.29, 1.82) is 0 Å². The highest BCUT2D eigenvalue weighted by Crippen LogP contribution is 2.27. The van der Waals surface area contributed by atoms with Crippen molar-refractivity contribution in [3.05, 3.63) is 42.2 Å². The fourth-order valence-corrected chi connectivity index (χ4v) is 3.28. The molecule has 0 amide bonds. The van der Waals surface area contributed by atoms with Crippen molar-refractivity contribution in [1.82, 2.24) is 34.3 Å². The van der Waals surface area contributed by atoms with Crippen LogP contribution in [0.4, 0.5) is 10.8 Å². The Morgan fingerprint density at radius 1 is 1.32 bits per heavy atom. The Bertz CT molecular complexity index is 985. The molecule has 0 spiro atoms. The Labute approximate surface area is 148 Å². The first-order chi connectivity index (χ1) is 12.2. The molecule has 4 heterocycles. The number of anilines is 2. The highest BCUT2D eigenvalue weighted by atomic mass is 32.1. The van der Waals surface area contributed by atoms with Crippen LogP contribution in [0.25, 0.3) is 16.9 Å². The van der Waals surface area contributed by atoms with Crippen LogP contribution in [0.3, 0.4) is 0 Å². The van der Waals surface area contributed by atoms with Crippen LogP contribution in [-0.2, 0) is 6.54 Å². The van der Waals surface area contributed by atoms with Crippen molar-refractivity contribution >= 4 is 28.0 Å². The first kappa shape index (κ1) is 15.7. The molecule has 0 aliphatic heterocycles. The van der Waals surface area contributed by atoms with E-state index in [2.05, 4.69) is 42.1 Å². The quantitative estimate of drug-likeness (QED) is 0.493. The minimum atomic E-state index is 0.716. The van der Waals surface area contributed by atoms with Crippen LogP contribution in [-0.4, -0.2) is 35.5 Å². The van der Waals surface area contributed by atoms with E-state index in [9.17, 15) is 0 Å². The summed E-state index contributed by atoms with van der Waals surface area (Å²) in [6, 6.07) is 2.04. The van der Waals surface area contributed by atoms with Gasteiger partial charge in [0, 0.05) is 24.5 Å². The minimum Gasteiger partial charge on any atom is -0.328 e. The molecule has 8 nitrogen and oxygen atoms in total. The summed E-state index contributed by atoms with van der Waals surface area (Å²) in [4.78, 5) is 9.14. The summed E-state index contributed by atoms with van der Waals surface area (Å²) in [6.45, 7) is 5.73. The number of rotatable bonds is 6. The van der Waals surface area contributed by atoms with Gasteiger partial charge in [-0.3, -0.25) is 9.50 Å². The molecular weight excluding hydrogens is 336 g/mol. The fourth-order valence-electron chi connectivity index (χ4n) is 2.62. The maximum atomic E-state index is 4.61. The third-order valence-corrected chi connectivity index (χ3v) is 4.51. The number of hydrogen-bond acceptors (Lipinski definition) is 7. The third kappa shape index (κ3) is 3.11. The fraction of sp³-hybridized carbons (Fsp3) is 0.250. The molecule has 0 aliphatic rings. The molecule has 128 valence electrons. The second kappa shape index (κ2) is 6.61. The second-order valence-corrected chi connectivity index (χ2v) is 6.45. The van der Waals surface area contributed by atoms with Crippen molar-refractivity contribution in [3.63, 3.8) is 0 Å². The Balaban J connectivity index is 1.69. The monoisotopic (exact) mass is 354 g/mol. The number of nitrogens with one attached hydrogen (secondary N) is 3. The van der Waals surface area contributed by atoms with Gasteiger partial charge in [0.15, 0.2) is 11.5 Å². The Morgan fingerprint density at radius 2 is 2.24 bits per heavy atom. The van der Waals surface area contributed by atoms with Crippen molar-refractivity contribution in [2.24, 2.45) is 0 Å². The van der Waals surface area contributed by atoms with Gasteiger partial charge in [-0.15, -0.1) is 0 Å². The molecule has 3 N–H and O–H groups in total. The summed E-state index contributed by atoms with van der Waals surface area (Å²) in [7, 11) is 0. The normalized spacial score (nSPS) is 11.3. The van der Waals surface area contributed by atoms with Gasteiger partial charge in [0.2, 0.25) is 0 Å². The van der Waals surface area contributed by atoms with E-state index >= 15 is 0 Å². The molecule has 0 bridgehead atoms. The highest BCUT2D eigenvalue weighted by Gasteiger charge is 2.13. The predicted octanol–water partition coefficient (Wildman–Crippen LogP) is 2.74. The summed E-state index contributed by atoms with van der Waals surface area (Å²) in [5.41, 5.74) is 4.63. The number of H-pyrrole nitrogens is 1. The van der Waals surface area contributed by atoms with Crippen molar-refractivity contribution in [2.45, 2.75) is 20.4 Å². The summed E-state index contributed by atoms with van der Waals surface area (Å²) in [5.74, 6) is 0.716. The van der Waals surface area contributed by atoms with Crippen LogP contribution < -0.4 is 10.6 Å². The minimum absolute atomic E-state index is 0.716. The molecule has 4 rings (SSSR count). The summed E-state index contributed by atoms with van der Waals surface area (Å²) >= 11 is 1.42. The number of hydrogen-bond donors (Lipinski definition) is 3. The average Bonchev–Trinajstić information content (AvgIpc) is 3.33. The van der Waals surface area contributed by atoms with Gasteiger partial charge in [-0.1, -0.05) is 6.92 Å². The van der Waals surface area contributed by atoms with Crippen LogP contribution >= 0.6 is 11.5 Å². The van der Waals surface area contributed by atoms with E-state index in [1.54, 1.807) is 6.20 Å². The molecule has 25 heavy (non-hydrogen) atoms. The summed E-state index contributed by atoms with van der Waals surface area (Å²) < 4.78 is 6.47. The molecule has 0 aliphatic carbocycles. The van der Waals surface area contributed by atoms with Crippen LogP contribution in [0, 0.1) is 6.92 Å². The lowest BCUT2D eigenvalue weighted by Crippen LogP contribution is -2.11. The lowest BCUT2D eigenvalue weighted by molar-refractivity contribution is 0.717. The molecule has 0 saturated carbocycles. The van der Waals surface area contributed by atoms with E-state index in [4.69, 9.17) is 0 Å². The number of fused-ring (bicyclic) bond motifs is 1. The van der Waals surface area contributed by atoms with E-state index in [1.165, 1.54) is 11.5 Å². The van der Waals surface area contributed by atoms with Gasteiger partial charge in [0.25, 0.3) is 0 Å². The zero-order valence-electron chi connectivity index (χ0n) is 13.9. The zero-order chi connectivity index (χ0) is 17.2. The molecule has 0 unspecified atom stereocenters. The maximum Gasteiger partial charge on any atom is 0.180 e. The molecule has 0 atom stereocenters. The topological polar surface area (TPSA) is 95.8 Å². The van der Waals surface area contributed by atoms with E-state index < -0.39 is 0 Å². The molecule has 0 fully saturated rings. The van der Waals surface area contributed by atoms with E-state index in [-0.39, 0.29) is 0 Å². The summed E-state index contributed by atoms with van der Waals surface area (Å²) in [5, 5.41) is 14.4. The van der Waals surface area contributed by atoms with E-state index in [0.717, 1.165) is 46.4 Å². The smallest absolute Gasteiger partial charge is 0.180 e.